The van der Waals surface area contributed by atoms with Crippen LogP contribution in [0.2, 0.25) is 0 Å². The van der Waals surface area contributed by atoms with Crippen molar-refractivity contribution in [3.05, 3.63) is 35.9 Å². The van der Waals surface area contributed by atoms with E-state index in [1.54, 1.807) is 24.3 Å². The molecule has 0 spiro atoms. The fraction of sp³-hybridized carbons (Fsp3) is 0. The SMILES string of the molecule is NC(=O)O.NC(=O)c1ccccc1. The lowest BCUT2D eigenvalue weighted by molar-refractivity contribution is 0.1000. The lowest BCUT2D eigenvalue weighted by Crippen LogP contribution is -2.09. The number of carbonyl (C=O) groups excluding carboxylic acids is 1. The number of primary amides is 2. The van der Waals surface area contributed by atoms with Crippen LogP contribution in [0, 0.1) is 0 Å². The molecule has 0 bridgehead atoms. The topological polar surface area (TPSA) is 106 Å². The average Bonchev–Trinajstić information content (AvgIpc) is 2.05. The highest BCUT2D eigenvalue weighted by Gasteiger charge is 1.93. The molecule has 1 aromatic carbocycles. The van der Waals surface area contributed by atoms with E-state index >= 15 is 0 Å². The fourth-order valence-corrected chi connectivity index (χ4v) is 0.602. The number of rotatable bonds is 1. The van der Waals surface area contributed by atoms with Crippen molar-refractivity contribution in [3.8, 4) is 0 Å². The van der Waals surface area contributed by atoms with Gasteiger partial charge in [0.25, 0.3) is 0 Å². The summed E-state index contributed by atoms with van der Waals surface area (Å²) in [5, 5.41) is 7.19. The largest absolute Gasteiger partial charge is 0.465 e. The molecule has 70 valence electrons. The van der Waals surface area contributed by atoms with E-state index in [4.69, 9.17) is 15.6 Å². The van der Waals surface area contributed by atoms with Gasteiger partial charge in [0.15, 0.2) is 0 Å². The van der Waals surface area contributed by atoms with Crippen molar-refractivity contribution >= 4 is 12.0 Å². The Morgan fingerprint density at radius 3 is 1.69 bits per heavy atom. The maximum Gasteiger partial charge on any atom is 0.402 e. The summed E-state index contributed by atoms with van der Waals surface area (Å²) < 4.78 is 0. The number of hydrogen-bond donors (Lipinski definition) is 3. The molecular weight excluding hydrogens is 172 g/mol. The Bertz CT molecular complexity index is 281. The van der Waals surface area contributed by atoms with Gasteiger partial charge in [-0.2, -0.15) is 0 Å². The normalized spacial score (nSPS) is 8.00. The second kappa shape index (κ2) is 5.59. The van der Waals surface area contributed by atoms with Crippen molar-refractivity contribution in [3.63, 3.8) is 0 Å². The van der Waals surface area contributed by atoms with Gasteiger partial charge in [-0.15, -0.1) is 0 Å². The summed E-state index contributed by atoms with van der Waals surface area (Å²) in [6, 6.07) is 8.76. The van der Waals surface area contributed by atoms with Gasteiger partial charge in [-0.05, 0) is 12.1 Å². The third-order valence-corrected chi connectivity index (χ3v) is 1.06. The van der Waals surface area contributed by atoms with E-state index in [1.165, 1.54) is 0 Å². The molecule has 0 atom stereocenters. The number of benzene rings is 1. The number of hydrogen-bond acceptors (Lipinski definition) is 2. The molecule has 1 rings (SSSR count). The molecule has 2 amide bonds. The molecule has 0 saturated carbocycles. The van der Waals surface area contributed by atoms with E-state index in [0.717, 1.165) is 0 Å². The Hall–Kier alpha value is -2.04. The van der Waals surface area contributed by atoms with Crippen LogP contribution in [0.3, 0.4) is 0 Å². The smallest absolute Gasteiger partial charge is 0.402 e. The van der Waals surface area contributed by atoms with Crippen molar-refractivity contribution in [2.45, 2.75) is 0 Å². The van der Waals surface area contributed by atoms with Gasteiger partial charge in [0, 0.05) is 5.56 Å². The Morgan fingerprint density at radius 1 is 1.08 bits per heavy atom. The average molecular weight is 182 g/mol. The molecule has 0 unspecified atom stereocenters. The standard InChI is InChI=1S/C7H7NO.CH3NO2/c8-7(9)6-4-2-1-3-5-6;2-1(3)4/h1-5H,(H2,8,9);2H2,(H,3,4). The molecule has 0 radical (unpaired) electrons. The van der Waals surface area contributed by atoms with E-state index in [0.29, 0.717) is 5.56 Å². The second-order valence-corrected chi connectivity index (χ2v) is 2.07. The quantitative estimate of drug-likeness (QED) is 0.585. The Morgan fingerprint density at radius 2 is 1.46 bits per heavy atom. The highest BCUT2D eigenvalue weighted by atomic mass is 16.4. The fourth-order valence-electron chi connectivity index (χ4n) is 0.602. The van der Waals surface area contributed by atoms with Crippen LogP contribution in [-0.2, 0) is 0 Å². The van der Waals surface area contributed by atoms with Crippen molar-refractivity contribution < 1.29 is 14.7 Å². The van der Waals surface area contributed by atoms with E-state index in [9.17, 15) is 4.79 Å². The second-order valence-electron chi connectivity index (χ2n) is 2.07. The molecule has 0 aliphatic carbocycles. The molecule has 5 heteroatoms. The van der Waals surface area contributed by atoms with Gasteiger partial charge in [0.2, 0.25) is 5.91 Å². The molecule has 0 heterocycles. The Kier molecular flexibility index (Phi) is 4.71. The summed E-state index contributed by atoms with van der Waals surface area (Å²) >= 11 is 0. The molecule has 13 heavy (non-hydrogen) atoms. The summed E-state index contributed by atoms with van der Waals surface area (Å²) in [6.45, 7) is 0. The van der Waals surface area contributed by atoms with Crippen LogP contribution < -0.4 is 11.5 Å². The molecule has 1 aromatic rings. The summed E-state index contributed by atoms with van der Waals surface area (Å²) in [6.07, 6.45) is -1.33. The monoisotopic (exact) mass is 182 g/mol. The van der Waals surface area contributed by atoms with Gasteiger partial charge in [-0.3, -0.25) is 4.79 Å². The zero-order valence-electron chi connectivity index (χ0n) is 6.81. The predicted octanol–water partition coefficient (Wildman–Crippen LogP) is 0.409. The first-order chi connectivity index (χ1) is 6.04. The first-order valence-electron chi connectivity index (χ1n) is 3.37. The summed E-state index contributed by atoms with van der Waals surface area (Å²) in [4.78, 5) is 19.2. The number of carboxylic acid groups (broad SMARTS) is 1. The zero-order chi connectivity index (χ0) is 10.3. The van der Waals surface area contributed by atoms with Gasteiger partial charge in [0.05, 0.1) is 0 Å². The van der Waals surface area contributed by atoms with Crippen molar-refractivity contribution in [2.75, 3.05) is 0 Å². The Balaban J connectivity index is 0.000000310. The molecule has 0 saturated heterocycles. The highest BCUT2D eigenvalue weighted by molar-refractivity contribution is 5.92. The maximum atomic E-state index is 10.4. The molecular formula is C8H10N2O3. The van der Waals surface area contributed by atoms with E-state index in [-0.39, 0.29) is 5.91 Å². The van der Waals surface area contributed by atoms with Crippen molar-refractivity contribution in [1.29, 1.82) is 0 Å². The maximum absolute atomic E-state index is 10.4. The summed E-state index contributed by atoms with van der Waals surface area (Å²) in [5.41, 5.74) is 9.56. The lowest BCUT2D eigenvalue weighted by atomic mass is 10.2. The van der Waals surface area contributed by atoms with Crippen LogP contribution >= 0.6 is 0 Å². The number of carbonyl (C=O) groups is 2. The van der Waals surface area contributed by atoms with Crippen molar-refractivity contribution in [1.82, 2.24) is 0 Å². The zero-order valence-corrected chi connectivity index (χ0v) is 6.81. The van der Waals surface area contributed by atoms with E-state index in [1.807, 2.05) is 6.07 Å². The molecule has 5 nitrogen and oxygen atoms in total. The first kappa shape index (κ1) is 11.0. The molecule has 0 fully saturated rings. The number of nitrogens with two attached hydrogens (primary N) is 2. The van der Waals surface area contributed by atoms with Crippen LogP contribution in [0.1, 0.15) is 10.4 Å². The van der Waals surface area contributed by atoms with E-state index in [2.05, 4.69) is 5.73 Å². The number of amides is 2. The molecule has 0 aromatic heterocycles. The molecule has 0 aliphatic rings. The van der Waals surface area contributed by atoms with Gasteiger partial charge in [-0.1, -0.05) is 18.2 Å². The molecule has 0 aliphatic heterocycles. The van der Waals surface area contributed by atoms with Gasteiger partial charge in [0.1, 0.15) is 0 Å². The summed E-state index contributed by atoms with van der Waals surface area (Å²) in [7, 11) is 0. The predicted molar refractivity (Wildman–Crippen MR) is 47.2 cm³/mol. The van der Waals surface area contributed by atoms with E-state index < -0.39 is 6.09 Å². The highest BCUT2D eigenvalue weighted by Crippen LogP contribution is 1.94. The lowest BCUT2D eigenvalue weighted by Gasteiger charge is -1.89. The van der Waals surface area contributed by atoms with Crippen LogP contribution in [0.15, 0.2) is 30.3 Å². The first-order valence-corrected chi connectivity index (χ1v) is 3.37. The summed E-state index contributed by atoms with van der Waals surface area (Å²) in [5.74, 6) is -0.379. The van der Waals surface area contributed by atoms with Crippen molar-refractivity contribution in [2.24, 2.45) is 11.5 Å². The van der Waals surface area contributed by atoms with Crippen LogP contribution in [-0.4, -0.2) is 17.1 Å². The molecule has 5 N–H and O–H groups in total. The third-order valence-electron chi connectivity index (χ3n) is 1.06. The Labute approximate surface area is 75.0 Å². The minimum Gasteiger partial charge on any atom is -0.465 e. The third kappa shape index (κ3) is 6.36. The minimum absolute atomic E-state index is 0.379. The van der Waals surface area contributed by atoms with Crippen LogP contribution in [0.4, 0.5) is 4.79 Å². The van der Waals surface area contributed by atoms with Crippen LogP contribution in [0.5, 0.6) is 0 Å². The van der Waals surface area contributed by atoms with Crippen LogP contribution in [0.25, 0.3) is 0 Å². The van der Waals surface area contributed by atoms with Gasteiger partial charge < -0.3 is 16.6 Å². The van der Waals surface area contributed by atoms with Gasteiger partial charge >= 0.3 is 6.09 Å². The minimum atomic E-state index is -1.33. The van der Waals surface area contributed by atoms with Gasteiger partial charge in [-0.25, -0.2) is 4.79 Å².